The summed E-state index contributed by atoms with van der Waals surface area (Å²) in [5.74, 6) is -0.126. The minimum Gasteiger partial charge on any atom is -0.504 e. The van der Waals surface area contributed by atoms with Crippen LogP contribution in [0.1, 0.15) is 50.7 Å². The van der Waals surface area contributed by atoms with E-state index in [4.69, 9.17) is 21.3 Å². The first-order valence-electron chi connectivity index (χ1n) is 14.7. The average molecular weight is 621 g/mol. The molecule has 1 fully saturated rings. The van der Waals surface area contributed by atoms with Crippen molar-refractivity contribution in [2.45, 2.75) is 57.9 Å². The molecular weight excluding hydrogens is 584 g/mol. The zero-order valence-corrected chi connectivity index (χ0v) is 25.4. The molecule has 0 radical (unpaired) electrons. The molecule has 0 aliphatic carbocycles. The van der Waals surface area contributed by atoms with E-state index in [0.29, 0.717) is 42.5 Å². The molecule has 2 amide bonds. The summed E-state index contributed by atoms with van der Waals surface area (Å²) < 4.78 is 6.12. The van der Waals surface area contributed by atoms with E-state index in [1.165, 1.54) is 18.2 Å². The van der Waals surface area contributed by atoms with Gasteiger partial charge in [0.15, 0.2) is 11.5 Å². The summed E-state index contributed by atoms with van der Waals surface area (Å²) in [4.78, 5) is 32.4. The minimum atomic E-state index is -0.377. The van der Waals surface area contributed by atoms with Crippen LogP contribution in [0.3, 0.4) is 0 Å². The van der Waals surface area contributed by atoms with Gasteiger partial charge in [-0.25, -0.2) is 10.9 Å². The Morgan fingerprint density at radius 3 is 2.55 bits per heavy atom. The van der Waals surface area contributed by atoms with Gasteiger partial charge in [0.2, 0.25) is 11.8 Å². The fraction of sp³-hybridized carbons (Fsp3) is 0.344. The predicted molar refractivity (Wildman–Crippen MR) is 170 cm³/mol. The highest BCUT2D eigenvalue weighted by Gasteiger charge is 2.40. The number of hydrazine groups is 1. The number of aliphatic imine (C=N–C) groups is 1. The predicted octanol–water partition coefficient (Wildman–Crippen LogP) is 4.27. The van der Waals surface area contributed by atoms with Crippen molar-refractivity contribution < 1.29 is 24.5 Å². The van der Waals surface area contributed by atoms with Crippen molar-refractivity contribution in [1.82, 2.24) is 16.2 Å². The van der Waals surface area contributed by atoms with Crippen molar-refractivity contribution >= 4 is 40.5 Å². The summed E-state index contributed by atoms with van der Waals surface area (Å²) in [6.07, 6.45) is 1.44. The Labute approximate surface area is 261 Å². The smallest absolute Gasteiger partial charge is 0.224 e. The highest BCUT2D eigenvalue weighted by atomic mass is 35.5. The highest BCUT2D eigenvalue weighted by molar-refractivity contribution is 6.30. The van der Waals surface area contributed by atoms with Crippen LogP contribution in [-0.2, 0) is 9.59 Å². The molecule has 2 heterocycles. The lowest BCUT2D eigenvalue weighted by Crippen LogP contribution is -2.47. The molecular formula is C32H37ClN6O5. The molecule has 3 atom stereocenters. The number of halogens is 1. The van der Waals surface area contributed by atoms with E-state index in [1.54, 1.807) is 0 Å². The van der Waals surface area contributed by atoms with Gasteiger partial charge in [0.05, 0.1) is 30.9 Å². The number of hydrogen-bond acceptors (Lipinski definition) is 9. The van der Waals surface area contributed by atoms with Crippen molar-refractivity contribution in [3.63, 3.8) is 0 Å². The van der Waals surface area contributed by atoms with Crippen LogP contribution in [-0.4, -0.2) is 59.3 Å². The van der Waals surface area contributed by atoms with Crippen LogP contribution < -0.4 is 31.1 Å². The number of nitrogens with one attached hydrogen (secondary N) is 4. The van der Waals surface area contributed by atoms with Crippen LogP contribution in [0.4, 0.5) is 11.4 Å². The quantitative estimate of drug-likeness (QED) is 0.106. The summed E-state index contributed by atoms with van der Waals surface area (Å²) in [5, 5.41) is 25.3. The molecule has 0 bridgehead atoms. The first-order chi connectivity index (χ1) is 21.2. The minimum absolute atomic E-state index is 0.0567. The standard InChI is InChI=1S/C32H37ClN6O5/c1-3-34-30(43)18-25-32-38-37-19(2)39(32)26-13-12-23(17-24(26)31(36-25)20-7-9-21(33)10-8-20)44-15-5-4-6-29(42)35-22-11-14-27(40)28(41)16-22/h7-14,16-17,19,25,32,37-38,40-41H,3-6,15,18H2,1-2H3,(H,34,43)(H,35,42). The van der Waals surface area contributed by atoms with Gasteiger partial charge in [-0.15, -0.1) is 0 Å². The van der Waals surface area contributed by atoms with Gasteiger partial charge in [0, 0.05) is 46.6 Å². The number of amides is 2. The van der Waals surface area contributed by atoms with Crippen molar-refractivity contribution in [2.75, 3.05) is 23.4 Å². The number of nitrogens with zero attached hydrogens (tertiary/aromatic N) is 2. The number of phenols is 2. The first-order valence-corrected chi connectivity index (χ1v) is 15.1. The van der Waals surface area contributed by atoms with Gasteiger partial charge in [-0.05, 0) is 69.2 Å². The lowest BCUT2D eigenvalue weighted by atomic mass is 9.99. The lowest BCUT2D eigenvalue weighted by Gasteiger charge is -2.31. The average Bonchev–Trinajstić information content (AvgIpc) is 3.32. The van der Waals surface area contributed by atoms with Gasteiger partial charge in [-0.3, -0.25) is 14.6 Å². The topological polar surface area (TPSA) is 148 Å². The van der Waals surface area contributed by atoms with Gasteiger partial charge < -0.3 is 30.5 Å². The Bertz CT molecular complexity index is 1530. The van der Waals surface area contributed by atoms with Crippen LogP contribution in [0.15, 0.2) is 65.7 Å². The van der Waals surface area contributed by atoms with Crippen LogP contribution in [0.25, 0.3) is 0 Å². The monoisotopic (exact) mass is 620 g/mol. The highest BCUT2D eigenvalue weighted by Crippen LogP contribution is 2.36. The zero-order chi connectivity index (χ0) is 31.2. The summed E-state index contributed by atoms with van der Waals surface area (Å²) in [6, 6.07) is 17.2. The zero-order valence-electron chi connectivity index (χ0n) is 24.6. The molecule has 0 saturated carbocycles. The fourth-order valence-electron chi connectivity index (χ4n) is 5.41. The van der Waals surface area contributed by atoms with E-state index in [0.717, 1.165) is 22.5 Å². The largest absolute Gasteiger partial charge is 0.504 e. The first kappa shape index (κ1) is 31.1. The van der Waals surface area contributed by atoms with E-state index in [1.807, 2.05) is 49.4 Å². The van der Waals surface area contributed by atoms with Gasteiger partial charge in [-0.1, -0.05) is 23.7 Å². The number of aromatic hydroxyl groups is 2. The number of carbonyl (C=O) groups excluding carboxylic acids is 2. The lowest BCUT2D eigenvalue weighted by molar-refractivity contribution is -0.121. The number of unbranched alkanes of at least 4 members (excludes halogenated alkanes) is 1. The Morgan fingerprint density at radius 1 is 1.00 bits per heavy atom. The van der Waals surface area contributed by atoms with Crippen molar-refractivity contribution in [2.24, 2.45) is 4.99 Å². The number of anilines is 2. The van der Waals surface area contributed by atoms with E-state index in [9.17, 15) is 19.8 Å². The molecule has 0 spiro atoms. The maximum Gasteiger partial charge on any atom is 0.224 e. The van der Waals surface area contributed by atoms with Crippen molar-refractivity contribution in [3.05, 3.63) is 76.8 Å². The Morgan fingerprint density at radius 2 is 1.80 bits per heavy atom. The van der Waals surface area contributed by atoms with Gasteiger partial charge in [0.1, 0.15) is 11.9 Å². The molecule has 5 rings (SSSR count). The fourth-order valence-corrected chi connectivity index (χ4v) is 5.53. The van der Waals surface area contributed by atoms with Gasteiger partial charge >= 0.3 is 0 Å². The molecule has 2 aliphatic rings. The number of fused-ring (bicyclic) bond motifs is 3. The molecule has 12 heteroatoms. The summed E-state index contributed by atoms with van der Waals surface area (Å²) in [7, 11) is 0. The van der Waals surface area contributed by atoms with Crippen LogP contribution in [0.5, 0.6) is 17.2 Å². The van der Waals surface area contributed by atoms with E-state index >= 15 is 0 Å². The van der Waals surface area contributed by atoms with Crippen molar-refractivity contribution in [1.29, 1.82) is 0 Å². The second-order valence-electron chi connectivity index (χ2n) is 10.8. The molecule has 3 unspecified atom stereocenters. The second-order valence-corrected chi connectivity index (χ2v) is 11.2. The van der Waals surface area contributed by atoms with E-state index < -0.39 is 0 Å². The third kappa shape index (κ3) is 7.24. The number of rotatable bonds is 11. The molecule has 1 saturated heterocycles. The Kier molecular flexibility index (Phi) is 9.89. The number of phenolic OH excluding ortho intramolecular Hbond substituents is 2. The van der Waals surface area contributed by atoms with Gasteiger partial charge in [-0.2, -0.15) is 0 Å². The van der Waals surface area contributed by atoms with Crippen molar-refractivity contribution in [3.8, 4) is 17.2 Å². The normalized spacial score (nSPS) is 18.9. The van der Waals surface area contributed by atoms with E-state index in [2.05, 4.69) is 33.3 Å². The summed E-state index contributed by atoms with van der Waals surface area (Å²) in [5.41, 5.74) is 10.5. The third-order valence-corrected chi connectivity index (χ3v) is 7.78. The number of hydrogen-bond donors (Lipinski definition) is 6. The maximum absolute atomic E-state index is 12.7. The molecule has 0 aromatic heterocycles. The molecule has 11 nitrogen and oxygen atoms in total. The molecule has 3 aromatic carbocycles. The van der Waals surface area contributed by atoms with Crippen LogP contribution in [0, 0.1) is 0 Å². The molecule has 2 aliphatic heterocycles. The molecule has 232 valence electrons. The maximum atomic E-state index is 12.7. The number of ether oxygens (including phenoxy) is 1. The Balaban J connectivity index is 1.32. The third-order valence-electron chi connectivity index (χ3n) is 7.53. The van der Waals surface area contributed by atoms with Crippen LogP contribution >= 0.6 is 11.6 Å². The van der Waals surface area contributed by atoms with Crippen LogP contribution in [0.2, 0.25) is 5.02 Å². The summed E-state index contributed by atoms with van der Waals surface area (Å²) >= 11 is 6.21. The number of benzene rings is 3. The molecule has 6 N–H and O–H groups in total. The number of carbonyl (C=O) groups is 2. The van der Waals surface area contributed by atoms with Gasteiger partial charge in [0.25, 0.3) is 0 Å². The molecule has 3 aromatic rings. The molecule has 44 heavy (non-hydrogen) atoms. The SMILES string of the molecule is CCNC(=O)CC1N=C(c2ccc(Cl)cc2)c2cc(OCCCCC(=O)Nc3ccc(O)c(O)c3)ccc2N2C(C)NNC12. The second kappa shape index (κ2) is 14.0. The summed E-state index contributed by atoms with van der Waals surface area (Å²) in [6.45, 7) is 4.90. The van der Waals surface area contributed by atoms with E-state index in [-0.39, 0.29) is 54.5 Å². The Hall–Kier alpha value is -4.32.